The number of hydrogen-bond donors (Lipinski definition) is 1. The van der Waals surface area contributed by atoms with Gasteiger partial charge in [0.05, 0.1) is 18.2 Å². The van der Waals surface area contributed by atoms with E-state index in [0.717, 1.165) is 23.5 Å². The van der Waals surface area contributed by atoms with E-state index in [4.69, 9.17) is 0 Å². The SMILES string of the molecule is Cc1nn(CC(C)C)c(C)c1CC(=O)N(C)CCC(C)O. The van der Waals surface area contributed by atoms with E-state index in [1.54, 1.807) is 18.9 Å². The molecule has 0 saturated carbocycles. The molecule has 1 amide bonds. The Morgan fingerprint density at radius 2 is 1.95 bits per heavy atom. The molecule has 1 aromatic heterocycles. The third-order valence-electron chi connectivity index (χ3n) is 3.71. The summed E-state index contributed by atoms with van der Waals surface area (Å²) in [6, 6.07) is 0. The van der Waals surface area contributed by atoms with Gasteiger partial charge in [-0.3, -0.25) is 9.48 Å². The summed E-state index contributed by atoms with van der Waals surface area (Å²) in [5.74, 6) is 0.603. The predicted octanol–water partition coefficient (Wildman–Crippen LogP) is 1.93. The fourth-order valence-corrected chi connectivity index (χ4v) is 2.30. The maximum absolute atomic E-state index is 12.3. The van der Waals surface area contributed by atoms with Crippen molar-refractivity contribution in [3.05, 3.63) is 17.0 Å². The Morgan fingerprint density at radius 1 is 1.33 bits per heavy atom. The number of aryl methyl sites for hydroxylation is 1. The van der Waals surface area contributed by atoms with E-state index in [1.807, 2.05) is 18.5 Å². The first kappa shape index (κ1) is 17.7. The molecule has 0 saturated heterocycles. The molecular formula is C16H29N3O2. The summed E-state index contributed by atoms with van der Waals surface area (Å²) in [5.41, 5.74) is 3.05. The number of aromatic nitrogens is 2. The second-order valence-electron chi connectivity index (χ2n) is 6.36. The lowest BCUT2D eigenvalue weighted by Gasteiger charge is -2.18. The zero-order chi connectivity index (χ0) is 16.2. The van der Waals surface area contributed by atoms with Gasteiger partial charge in [0.25, 0.3) is 0 Å². The second kappa shape index (κ2) is 7.59. The summed E-state index contributed by atoms with van der Waals surface area (Å²) in [5, 5.41) is 13.8. The maximum atomic E-state index is 12.3. The predicted molar refractivity (Wildman–Crippen MR) is 84.2 cm³/mol. The van der Waals surface area contributed by atoms with Crippen LogP contribution in [0.2, 0.25) is 0 Å². The number of amides is 1. The Hall–Kier alpha value is -1.36. The van der Waals surface area contributed by atoms with Gasteiger partial charge in [-0.15, -0.1) is 0 Å². The van der Waals surface area contributed by atoms with Crippen LogP contribution in [0.25, 0.3) is 0 Å². The van der Waals surface area contributed by atoms with Crippen LogP contribution in [0, 0.1) is 19.8 Å². The van der Waals surface area contributed by atoms with Crippen molar-refractivity contribution in [2.45, 2.75) is 60.1 Å². The Balaban J connectivity index is 2.74. The molecule has 0 aliphatic carbocycles. The molecule has 0 fully saturated rings. The number of aliphatic hydroxyl groups is 1. The summed E-state index contributed by atoms with van der Waals surface area (Å²) >= 11 is 0. The van der Waals surface area contributed by atoms with Crippen LogP contribution in [0.5, 0.6) is 0 Å². The standard InChI is InChI=1S/C16H29N3O2/c1-11(2)10-19-14(5)15(13(4)17-19)9-16(21)18(6)8-7-12(3)20/h11-12,20H,7-10H2,1-6H3. The number of aliphatic hydroxyl groups excluding tert-OH is 1. The molecule has 1 unspecified atom stereocenters. The molecular weight excluding hydrogens is 266 g/mol. The van der Waals surface area contributed by atoms with Gasteiger partial charge < -0.3 is 10.0 Å². The second-order valence-corrected chi connectivity index (χ2v) is 6.36. The average Bonchev–Trinajstić information content (AvgIpc) is 2.62. The van der Waals surface area contributed by atoms with Crippen LogP contribution in [0.15, 0.2) is 0 Å². The summed E-state index contributed by atoms with van der Waals surface area (Å²) in [7, 11) is 1.79. The Bertz CT molecular complexity index is 478. The molecule has 0 radical (unpaired) electrons. The van der Waals surface area contributed by atoms with Gasteiger partial charge in [0.2, 0.25) is 5.91 Å². The number of likely N-dealkylation sites (N-methyl/N-ethyl adjacent to an activating group) is 1. The summed E-state index contributed by atoms with van der Waals surface area (Å²) in [6.45, 7) is 11.5. The molecule has 1 atom stereocenters. The van der Waals surface area contributed by atoms with E-state index in [-0.39, 0.29) is 12.0 Å². The van der Waals surface area contributed by atoms with E-state index in [0.29, 0.717) is 25.3 Å². The zero-order valence-electron chi connectivity index (χ0n) is 14.2. The van der Waals surface area contributed by atoms with Gasteiger partial charge >= 0.3 is 0 Å². The largest absolute Gasteiger partial charge is 0.393 e. The molecule has 0 bridgehead atoms. The highest BCUT2D eigenvalue weighted by Crippen LogP contribution is 2.16. The fourth-order valence-electron chi connectivity index (χ4n) is 2.30. The van der Waals surface area contributed by atoms with E-state index < -0.39 is 0 Å². The Kier molecular flexibility index (Phi) is 6.40. The van der Waals surface area contributed by atoms with Crippen LogP contribution in [-0.4, -0.2) is 45.4 Å². The third-order valence-corrected chi connectivity index (χ3v) is 3.71. The minimum Gasteiger partial charge on any atom is -0.393 e. The van der Waals surface area contributed by atoms with Gasteiger partial charge in [-0.05, 0) is 33.1 Å². The Morgan fingerprint density at radius 3 is 2.48 bits per heavy atom. The summed E-state index contributed by atoms with van der Waals surface area (Å²) < 4.78 is 2.00. The van der Waals surface area contributed by atoms with E-state index >= 15 is 0 Å². The minimum absolute atomic E-state index is 0.0750. The summed E-state index contributed by atoms with van der Waals surface area (Å²) in [6.07, 6.45) is 0.608. The molecule has 0 aromatic carbocycles. The monoisotopic (exact) mass is 295 g/mol. The normalized spacial score (nSPS) is 12.8. The number of carbonyl (C=O) groups is 1. The third kappa shape index (κ3) is 5.16. The molecule has 5 nitrogen and oxygen atoms in total. The van der Waals surface area contributed by atoms with Gasteiger partial charge in [0, 0.05) is 31.4 Å². The average molecular weight is 295 g/mol. The smallest absolute Gasteiger partial charge is 0.226 e. The van der Waals surface area contributed by atoms with Crippen LogP contribution in [0.3, 0.4) is 0 Å². The quantitative estimate of drug-likeness (QED) is 0.836. The molecule has 0 spiro atoms. The van der Waals surface area contributed by atoms with Crippen molar-refractivity contribution in [1.29, 1.82) is 0 Å². The first-order chi connectivity index (χ1) is 9.72. The van der Waals surface area contributed by atoms with Crippen LogP contribution < -0.4 is 0 Å². The van der Waals surface area contributed by atoms with Crippen LogP contribution in [0.1, 0.15) is 44.1 Å². The number of nitrogens with zero attached hydrogens (tertiary/aromatic N) is 3. The lowest BCUT2D eigenvalue weighted by molar-refractivity contribution is -0.129. The zero-order valence-corrected chi connectivity index (χ0v) is 14.2. The highest BCUT2D eigenvalue weighted by atomic mass is 16.3. The molecule has 1 N–H and O–H groups in total. The van der Waals surface area contributed by atoms with Crippen molar-refractivity contribution in [3.63, 3.8) is 0 Å². The first-order valence-corrected chi connectivity index (χ1v) is 7.67. The fraction of sp³-hybridized carbons (Fsp3) is 0.750. The lowest BCUT2D eigenvalue weighted by Crippen LogP contribution is -2.31. The highest BCUT2D eigenvalue weighted by Gasteiger charge is 2.17. The van der Waals surface area contributed by atoms with Gasteiger partial charge in [0.15, 0.2) is 0 Å². The molecule has 1 aromatic rings. The molecule has 120 valence electrons. The molecule has 0 aliphatic rings. The molecule has 1 heterocycles. The van der Waals surface area contributed by atoms with Crippen LogP contribution >= 0.6 is 0 Å². The van der Waals surface area contributed by atoms with Crippen molar-refractivity contribution < 1.29 is 9.90 Å². The van der Waals surface area contributed by atoms with Crippen molar-refractivity contribution >= 4 is 5.91 Å². The minimum atomic E-state index is -0.377. The van der Waals surface area contributed by atoms with Gasteiger partial charge in [-0.25, -0.2) is 0 Å². The van der Waals surface area contributed by atoms with Crippen LogP contribution in [0.4, 0.5) is 0 Å². The van der Waals surface area contributed by atoms with Crippen LogP contribution in [-0.2, 0) is 17.8 Å². The van der Waals surface area contributed by atoms with E-state index in [9.17, 15) is 9.90 Å². The molecule has 1 rings (SSSR count). The first-order valence-electron chi connectivity index (χ1n) is 7.67. The van der Waals surface area contributed by atoms with Crippen molar-refractivity contribution in [2.24, 2.45) is 5.92 Å². The lowest BCUT2D eigenvalue weighted by atomic mass is 10.1. The molecule has 21 heavy (non-hydrogen) atoms. The van der Waals surface area contributed by atoms with Crippen molar-refractivity contribution in [3.8, 4) is 0 Å². The van der Waals surface area contributed by atoms with E-state index in [2.05, 4.69) is 18.9 Å². The van der Waals surface area contributed by atoms with Crippen molar-refractivity contribution in [1.82, 2.24) is 14.7 Å². The maximum Gasteiger partial charge on any atom is 0.226 e. The number of rotatable bonds is 7. The van der Waals surface area contributed by atoms with Gasteiger partial charge in [-0.1, -0.05) is 13.8 Å². The topological polar surface area (TPSA) is 58.4 Å². The Labute approximate surface area is 127 Å². The highest BCUT2D eigenvalue weighted by molar-refractivity contribution is 5.79. The molecule has 5 heteroatoms. The summed E-state index contributed by atoms with van der Waals surface area (Å²) in [4.78, 5) is 14.0. The van der Waals surface area contributed by atoms with Crippen molar-refractivity contribution in [2.75, 3.05) is 13.6 Å². The van der Waals surface area contributed by atoms with Gasteiger partial charge in [0.1, 0.15) is 0 Å². The van der Waals surface area contributed by atoms with Gasteiger partial charge in [-0.2, -0.15) is 5.10 Å². The number of carbonyl (C=O) groups excluding carboxylic acids is 1. The van der Waals surface area contributed by atoms with E-state index in [1.165, 1.54) is 0 Å². The molecule has 0 aliphatic heterocycles. The number of hydrogen-bond acceptors (Lipinski definition) is 3.